The number of ether oxygens (including phenoxy) is 1. The van der Waals surface area contributed by atoms with Crippen LogP contribution >= 0.6 is 0 Å². The molecule has 0 spiro atoms. The van der Waals surface area contributed by atoms with Crippen LogP contribution in [-0.2, 0) is 17.9 Å². The van der Waals surface area contributed by atoms with Gasteiger partial charge in [0.25, 0.3) is 0 Å². The highest BCUT2D eigenvalue weighted by Crippen LogP contribution is 2.48. The highest BCUT2D eigenvalue weighted by Gasteiger charge is 2.50. The quantitative estimate of drug-likeness (QED) is 0.542. The standard InChI is InChI=1S/C28H29NO3/c30-28(31)25-17-23-14-15-26(29(23)18-20-8-3-1-4-9-20)27(25)22-12-7-13-24(16-22)32-19-21-10-5-2-6-11-21/h1-13,16,23,25-27H,14-15,17-19H2,(H,30,31)/t23-,25+,26+,27-/m0/s1. The summed E-state index contributed by atoms with van der Waals surface area (Å²) in [7, 11) is 0. The summed E-state index contributed by atoms with van der Waals surface area (Å²) in [5.41, 5.74) is 3.48. The molecule has 32 heavy (non-hydrogen) atoms. The number of carboxylic acids is 1. The minimum absolute atomic E-state index is 0.0322. The third-order valence-electron chi connectivity index (χ3n) is 7.08. The summed E-state index contributed by atoms with van der Waals surface area (Å²) < 4.78 is 6.06. The Morgan fingerprint density at radius 3 is 2.34 bits per heavy atom. The van der Waals surface area contributed by atoms with E-state index in [1.54, 1.807) is 0 Å². The van der Waals surface area contributed by atoms with Crippen LogP contribution in [0.25, 0.3) is 0 Å². The molecule has 0 radical (unpaired) electrons. The second-order valence-corrected chi connectivity index (χ2v) is 9.01. The summed E-state index contributed by atoms with van der Waals surface area (Å²) in [6.45, 7) is 1.38. The molecular weight excluding hydrogens is 398 g/mol. The summed E-state index contributed by atoms with van der Waals surface area (Å²) in [6.07, 6.45) is 2.82. The number of carboxylic acid groups (broad SMARTS) is 1. The fraction of sp³-hybridized carbons (Fsp3) is 0.321. The van der Waals surface area contributed by atoms with Crippen molar-refractivity contribution >= 4 is 5.97 Å². The number of aliphatic carboxylic acids is 1. The number of carbonyl (C=O) groups is 1. The smallest absolute Gasteiger partial charge is 0.307 e. The van der Waals surface area contributed by atoms with Gasteiger partial charge in [-0.1, -0.05) is 72.8 Å². The Bertz CT molecular complexity index is 1050. The third kappa shape index (κ3) is 4.28. The molecule has 2 heterocycles. The van der Waals surface area contributed by atoms with Gasteiger partial charge in [0.15, 0.2) is 0 Å². The van der Waals surface area contributed by atoms with E-state index in [1.807, 2.05) is 48.5 Å². The first-order valence-electron chi connectivity index (χ1n) is 11.5. The maximum atomic E-state index is 12.3. The monoisotopic (exact) mass is 427 g/mol. The fourth-order valence-corrected chi connectivity index (χ4v) is 5.61. The molecule has 4 atom stereocenters. The Labute approximate surface area is 189 Å². The van der Waals surface area contributed by atoms with Crippen LogP contribution < -0.4 is 4.74 Å². The first-order valence-corrected chi connectivity index (χ1v) is 11.5. The Hall–Kier alpha value is -3.11. The van der Waals surface area contributed by atoms with E-state index in [9.17, 15) is 9.90 Å². The molecule has 2 bridgehead atoms. The molecule has 2 aliphatic rings. The van der Waals surface area contributed by atoms with Crippen LogP contribution in [0.15, 0.2) is 84.9 Å². The van der Waals surface area contributed by atoms with Gasteiger partial charge in [0.2, 0.25) is 0 Å². The minimum atomic E-state index is -0.679. The lowest BCUT2D eigenvalue weighted by molar-refractivity contribution is -0.145. The Morgan fingerprint density at radius 2 is 1.62 bits per heavy atom. The summed E-state index contributed by atoms with van der Waals surface area (Å²) >= 11 is 0. The highest BCUT2D eigenvalue weighted by atomic mass is 16.5. The molecule has 1 N–H and O–H groups in total. The van der Waals surface area contributed by atoms with Crippen LogP contribution in [0.3, 0.4) is 0 Å². The first-order chi connectivity index (χ1) is 15.7. The van der Waals surface area contributed by atoms with Gasteiger partial charge < -0.3 is 9.84 Å². The maximum Gasteiger partial charge on any atom is 0.307 e. The van der Waals surface area contributed by atoms with Gasteiger partial charge in [-0.2, -0.15) is 0 Å². The molecule has 2 aliphatic heterocycles. The topological polar surface area (TPSA) is 49.8 Å². The average molecular weight is 428 g/mol. The van der Waals surface area contributed by atoms with Gasteiger partial charge in [-0.3, -0.25) is 9.69 Å². The zero-order valence-electron chi connectivity index (χ0n) is 18.1. The molecule has 0 saturated carbocycles. The van der Waals surface area contributed by atoms with Gasteiger partial charge in [-0.25, -0.2) is 0 Å². The molecule has 164 valence electrons. The van der Waals surface area contributed by atoms with Gasteiger partial charge in [0.05, 0.1) is 5.92 Å². The van der Waals surface area contributed by atoms with Gasteiger partial charge >= 0.3 is 5.97 Å². The number of nitrogens with zero attached hydrogens (tertiary/aromatic N) is 1. The van der Waals surface area contributed by atoms with Crippen molar-refractivity contribution in [1.29, 1.82) is 0 Å². The Balaban J connectivity index is 1.40. The Kier molecular flexibility index (Phi) is 5.95. The molecular formula is C28H29NO3. The van der Waals surface area contributed by atoms with E-state index in [0.717, 1.165) is 36.3 Å². The van der Waals surface area contributed by atoms with Gasteiger partial charge in [-0.15, -0.1) is 0 Å². The lowest BCUT2D eigenvalue weighted by Gasteiger charge is -2.43. The van der Waals surface area contributed by atoms with Crippen molar-refractivity contribution in [3.63, 3.8) is 0 Å². The minimum Gasteiger partial charge on any atom is -0.489 e. The van der Waals surface area contributed by atoms with Crippen LogP contribution in [0.1, 0.15) is 41.9 Å². The lowest BCUT2D eigenvalue weighted by Crippen LogP contribution is -2.49. The van der Waals surface area contributed by atoms with E-state index in [-0.39, 0.29) is 17.9 Å². The zero-order valence-corrected chi connectivity index (χ0v) is 18.1. The van der Waals surface area contributed by atoms with Gasteiger partial charge in [0, 0.05) is 24.5 Å². The van der Waals surface area contributed by atoms with Crippen molar-refractivity contribution in [1.82, 2.24) is 4.90 Å². The van der Waals surface area contributed by atoms with E-state index < -0.39 is 5.97 Å². The molecule has 2 saturated heterocycles. The molecule has 3 aromatic carbocycles. The molecule has 3 aromatic rings. The predicted molar refractivity (Wildman–Crippen MR) is 124 cm³/mol. The van der Waals surface area contributed by atoms with E-state index in [0.29, 0.717) is 19.1 Å². The first kappa shape index (κ1) is 20.8. The number of piperidine rings is 1. The largest absolute Gasteiger partial charge is 0.489 e. The third-order valence-corrected chi connectivity index (χ3v) is 7.08. The molecule has 4 heteroatoms. The lowest BCUT2D eigenvalue weighted by atomic mass is 9.75. The van der Waals surface area contributed by atoms with Gasteiger partial charge in [-0.05, 0) is 48.1 Å². The van der Waals surface area contributed by atoms with E-state index >= 15 is 0 Å². The molecule has 0 aliphatic carbocycles. The normalized spacial score (nSPS) is 24.9. The summed E-state index contributed by atoms with van der Waals surface area (Å²) in [4.78, 5) is 14.8. The van der Waals surface area contributed by atoms with Crippen molar-refractivity contribution in [2.24, 2.45) is 5.92 Å². The number of hydrogen-bond donors (Lipinski definition) is 1. The predicted octanol–water partition coefficient (Wildman–Crippen LogP) is 5.49. The van der Waals surface area contributed by atoms with Crippen molar-refractivity contribution < 1.29 is 14.6 Å². The van der Waals surface area contributed by atoms with Crippen LogP contribution in [0.2, 0.25) is 0 Å². The summed E-state index contributed by atoms with van der Waals surface area (Å²) in [5, 5.41) is 10.1. The van der Waals surface area contributed by atoms with E-state index in [4.69, 9.17) is 4.74 Å². The van der Waals surface area contributed by atoms with E-state index in [1.165, 1.54) is 5.56 Å². The second kappa shape index (κ2) is 9.17. The number of rotatable bonds is 7. The van der Waals surface area contributed by atoms with Crippen LogP contribution in [0.5, 0.6) is 5.75 Å². The van der Waals surface area contributed by atoms with Crippen LogP contribution in [0, 0.1) is 5.92 Å². The zero-order chi connectivity index (χ0) is 21.9. The average Bonchev–Trinajstić information content (AvgIpc) is 3.09. The highest BCUT2D eigenvalue weighted by molar-refractivity contribution is 5.72. The van der Waals surface area contributed by atoms with Gasteiger partial charge in [0.1, 0.15) is 12.4 Å². The SMILES string of the molecule is O=C(O)[C@@H]1C[C@@H]2CC[C@H]([C@H]1c1cccc(OCc3ccccc3)c1)N2Cc1ccccc1. The maximum absolute atomic E-state index is 12.3. The number of hydrogen-bond acceptors (Lipinski definition) is 3. The summed E-state index contributed by atoms with van der Waals surface area (Å²) in [6, 6.07) is 29.3. The molecule has 2 fully saturated rings. The molecule has 0 aromatic heterocycles. The molecule has 4 nitrogen and oxygen atoms in total. The van der Waals surface area contributed by atoms with Crippen LogP contribution in [-0.4, -0.2) is 28.1 Å². The summed E-state index contributed by atoms with van der Waals surface area (Å²) in [5.74, 6) is -0.272. The Morgan fingerprint density at radius 1 is 0.906 bits per heavy atom. The van der Waals surface area contributed by atoms with E-state index in [2.05, 4.69) is 41.3 Å². The fourth-order valence-electron chi connectivity index (χ4n) is 5.61. The molecule has 0 unspecified atom stereocenters. The second-order valence-electron chi connectivity index (χ2n) is 9.01. The number of fused-ring (bicyclic) bond motifs is 2. The van der Waals surface area contributed by atoms with Crippen molar-refractivity contribution in [3.8, 4) is 5.75 Å². The van der Waals surface area contributed by atoms with Crippen molar-refractivity contribution in [3.05, 3.63) is 102 Å². The number of benzene rings is 3. The molecule has 5 rings (SSSR count). The van der Waals surface area contributed by atoms with Crippen molar-refractivity contribution in [2.75, 3.05) is 0 Å². The van der Waals surface area contributed by atoms with Crippen LogP contribution in [0.4, 0.5) is 0 Å². The van der Waals surface area contributed by atoms with Crippen molar-refractivity contribution in [2.45, 2.75) is 50.4 Å². The molecule has 0 amide bonds.